The van der Waals surface area contributed by atoms with E-state index in [1.165, 1.54) is 23.3 Å². The Bertz CT molecular complexity index is 1010. The topological polar surface area (TPSA) is 64.2 Å². The van der Waals surface area contributed by atoms with Gasteiger partial charge in [-0.1, -0.05) is 6.42 Å². The van der Waals surface area contributed by atoms with Crippen molar-refractivity contribution in [3.63, 3.8) is 0 Å². The molecule has 0 radical (unpaired) electrons. The van der Waals surface area contributed by atoms with Crippen molar-refractivity contribution in [1.29, 1.82) is 0 Å². The van der Waals surface area contributed by atoms with Crippen molar-refractivity contribution in [1.82, 2.24) is 9.97 Å². The third-order valence-corrected chi connectivity index (χ3v) is 6.00. The number of aryl methyl sites for hydroxylation is 2. The molecule has 2 heterocycles. The zero-order chi connectivity index (χ0) is 18.1. The zero-order valence-electron chi connectivity index (χ0n) is 15.1. The fraction of sp³-hybridized carbons (Fsp3) is 0.400. The summed E-state index contributed by atoms with van der Waals surface area (Å²) in [5.74, 6) is 1.89. The molecule has 136 valence electrons. The van der Waals surface area contributed by atoms with Crippen LogP contribution < -0.4 is 15.0 Å². The minimum atomic E-state index is -0.0442. The first kappa shape index (κ1) is 17.1. The number of aromatic amines is 1. The van der Waals surface area contributed by atoms with Gasteiger partial charge >= 0.3 is 0 Å². The van der Waals surface area contributed by atoms with Crippen LogP contribution in [0.15, 0.2) is 23.0 Å². The normalized spacial score (nSPS) is 14.1. The van der Waals surface area contributed by atoms with E-state index in [2.05, 4.69) is 4.98 Å². The van der Waals surface area contributed by atoms with Crippen LogP contribution in [0.25, 0.3) is 21.6 Å². The van der Waals surface area contributed by atoms with Gasteiger partial charge in [0.15, 0.2) is 11.5 Å². The maximum atomic E-state index is 12.8. The fourth-order valence-electron chi connectivity index (χ4n) is 3.57. The van der Waals surface area contributed by atoms with Crippen molar-refractivity contribution in [3.8, 4) is 22.9 Å². The minimum Gasteiger partial charge on any atom is -0.493 e. The Morgan fingerprint density at radius 1 is 1.19 bits per heavy atom. The molecule has 1 aliphatic rings. The Hall–Kier alpha value is -2.34. The van der Waals surface area contributed by atoms with Crippen LogP contribution in [0, 0.1) is 0 Å². The predicted molar refractivity (Wildman–Crippen MR) is 105 cm³/mol. The van der Waals surface area contributed by atoms with E-state index in [1.807, 2.05) is 25.1 Å². The largest absolute Gasteiger partial charge is 0.493 e. The summed E-state index contributed by atoms with van der Waals surface area (Å²) in [6, 6.07) is 5.61. The summed E-state index contributed by atoms with van der Waals surface area (Å²) < 4.78 is 11.0. The molecule has 1 aromatic carbocycles. The van der Waals surface area contributed by atoms with Gasteiger partial charge in [0.25, 0.3) is 5.56 Å². The van der Waals surface area contributed by atoms with Crippen molar-refractivity contribution in [3.05, 3.63) is 39.0 Å². The van der Waals surface area contributed by atoms with Crippen LogP contribution in [0.4, 0.5) is 0 Å². The lowest BCUT2D eigenvalue weighted by molar-refractivity contribution is 0.311. The summed E-state index contributed by atoms with van der Waals surface area (Å²) in [4.78, 5) is 22.7. The number of ether oxygens (including phenoxy) is 2. The van der Waals surface area contributed by atoms with Crippen molar-refractivity contribution < 1.29 is 9.47 Å². The van der Waals surface area contributed by atoms with Crippen LogP contribution in [-0.4, -0.2) is 23.7 Å². The van der Waals surface area contributed by atoms with E-state index in [9.17, 15) is 4.79 Å². The van der Waals surface area contributed by atoms with E-state index >= 15 is 0 Å². The third-order valence-electron chi connectivity index (χ3n) is 4.81. The number of hydrogen-bond donors (Lipinski definition) is 1. The van der Waals surface area contributed by atoms with Gasteiger partial charge < -0.3 is 14.5 Å². The van der Waals surface area contributed by atoms with Gasteiger partial charge in [-0.2, -0.15) is 0 Å². The third kappa shape index (κ3) is 2.98. The molecule has 26 heavy (non-hydrogen) atoms. The highest BCUT2D eigenvalue weighted by Crippen LogP contribution is 2.35. The van der Waals surface area contributed by atoms with Crippen LogP contribution in [0.5, 0.6) is 11.5 Å². The van der Waals surface area contributed by atoms with E-state index in [-0.39, 0.29) is 5.56 Å². The van der Waals surface area contributed by atoms with E-state index in [1.54, 1.807) is 18.4 Å². The molecule has 0 saturated heterocycles. The smallest absolute Gasteiger partial charge is 0.260 e. The average Bonchev–Trinajstić information content (AvgIpc) is 2.84. The SMILES string of the molecule is CCOc1ccc(-c2nc3sc4c(c3c(=O)[nH]2)CCCCC4)cc1OC. The number of aromatic nitrogens is 2. The molecule has 1 aliphatic carbocycles. The Balaban J connectivity index is 1.82. The van der Waals surface area contributed by atoms with Crippen LogP contribution in [0.1, 0.15) is 36.6 Å². The number of nitrogens with one attached hydrogen (secondary N) is 1. The molecule has 0 spiro atoms. The Labute approximate surface area is 156 Å². The van der Waals surface area contributed by atoms with Gasteiger partial charge in [-0.05, 0) is 56.4 Å². The van der Waals surface area contributed by atoms with E-state index in [4.69, 9.17) is 14.5 Å². The summed E-state index contributed by atoms with van der Waals surface area (Å²) in [6.45, 7) is 2.50. The summed E-state index contributed by atoms with van der Waals surface area (Å²) >= 11 is 1.67. The molecule has 0 saturated carbocycles. The molecule has 0 amide bonds. The number of benzene rings is 1. The van der Waals surface area contributed by atoms with Gasteiger partial charge in [-0.15, -0.1) is 11.3 Å². The van der Waals surface area contributed by atoms with Gasteiger partial charge in [0, 0.05) is 10.4 Å². The van der Waals surface area contributed by atoms with Crippen molar-refractivity contribution in [2.45, 2.75) is 39.0 Å². The van der Waals surface area contributed by atoms with Gasteiger partial charge in [-0.3, -0.25) is 4.79 Å². The zero-order valence-corrected chi connectivity index (χ0v) is 15.9. The standard InChI is InChI=1S/C20H22N2O3S/c1-3-25-14-10-9-12(11-15(14)24-2)18-21-19(23)17-13-7-5-4-6-8-16(13)26-20(17)22-18/h9-11H,3-8H2,1-2H3,(H,21,22,23). The van der Waals surface area contributed by atoms with E-state index in [0.29, 0.717) is 23.9 Å². The summed E-state index contributed by atoms with van der Waals surface area (Å²) in [7, 11) is 1.61. The van der Waals surface area contributed by atoms with Gasteiger partial charge in [0.1, 0.15) is 10.7 Å². The molecule has 1 N–H and O–H groups in total. The molecule has 0 bridgehead atoms. The van der Waals surface area contributed by atoms with Crippen LogP contribution in [-0.2, 0) is 12.8 Å². The number of nitrogens with zero attached hydrogens (tertiary/aromatic N) is 1. The summed E-state index contributed by atoms with van der Waals surface area (Å²) in [5, 5.41) is 0.786. The number of H-pyrrole nitrogens is 1. The molecule has 0 aliphatic heterocycles. The first-order chi connectivity index (χ1) is 12.7. The lowest BCUT2D eigenvalue weighted by atomic mass is 10.1. The summed E-state index contributed by atoms with van der Waals surface area (Å²) in [6.07, 6.45) is 5.62. The maximum absolute atomic E-state index is 12.8. The molecule has 6 heteroatoms. The number of hydrogen-bond acceptors (Lipinski definition) is 5. The molecule has 0 fully saturated rings. The Morgan fingerprint density at radius 2 is 2.04 bits per heavy atom. The second-order valence-corrected chi connectivity index (χ2v) is 7.54. The quantitative estimate of drug-likeness (QED) is 0.695. The first-order valence-corrected chi connectivity index (χ1v) is 9.88. The molecule has 4 rings (SSSR count). The number of thiophene rings is 1. The average molecular weight is 370 g/mol. The Morgan fingerprint density at radius 3 is 2.85 bits per heavy atom. The van der Waals surface area contributed by atoms with Gasteiger partial charge in [0.05, 0.1) is 19.1 Å². The number of rotatable bonds is 4. The predicted octanol–water partition coefficient (Wildman–Crippen LogP) is 4.33. The van der Waals surface area contributed by atoms with Crippen LogP contribution in [0.3, 0.4) is 0 Å². The van der Waals surface area contributed by atoms with Crippen LogP contribution >= 0.6 is 11.3 Å². The molecule has 2 aromatic heterocycles. The molecule has 0 atom stereocenters. The van der Waals surface area contributed by atoms with Crippen LogP contribution in [0.2, 0.25) is 0 Å². The molecule has 3 aromatic rings. The van der Waals surface area contributed by atoms with E-state index in [0.717, 1.165) is 35.0 Å². The van der Waals surface area contributed by atoms with Crippen molar-refractivity contribution in [2.75, 3.05) is 13.7 Å². The highest BCUT2D eigenvalue weighted by atomic mass is 32.1. The number of methoxy groups -OCH3 is 1. The summed E-state index contributed by atoms with van der Waals surface area (Å²) in [5.41, 5.74) is 1.98. The monoisotopic (exact) mass is 370 g/mol. The first-order valence-electron chi connectivity index (χ1n) is 9.07. The lowest BCUT2D eigenvalue weighted by Gasteiger charge is -2.10. The highest BCUT2D eigenvalue weighted by Gasteiger charge is 2.19. The molecular weight excluding hydrogens is 348 g/mol. The lowest BCUT2D eigenvalue weighted by Crippen LogP contribution is -2.10. The van der Waals surface area contributed by atoms with Crippen molar-refractivity contribution in [2.24, 2.45) is 0 Å². The Kier molecular flexibility index (Phi) is 4.68. The maximum Gasteiger partial charge on any atom is 0.260 e. The van der Waals surface area contributed by atoms with Gasteiger partial charge in [-0.25, -0.2) is 4.98 Å². The molecular formula is C20H22N2O3S. The highest BCUT2D eigenvalue weighted by molar-refractivity contribution is 7.18. The fourth-order valence-corrected chi connectivity index (χ4v) is 4.83. The second kappa shape index (κ2) is 7.11. The van der Waals surface area contributed by atoms with Gasteiger partial charge in [0.2, 0.25) is 0 Å². The van der Waals surface area contributed by atoms with E-state index < -0.39 is 0 Å². The van der Waals surface area contributed by atoms with Crippen molar-refractivity contribution >= 4 is 21.6 Å². The molecule has 5 nitrogen and oxygen atoms in total. The second-order valence-electron chi connectivity index (χ2n) is 6.46. The molecule has 0 unspecified atom stereocenters. The minimum absolute atomic E-state index is 0.0442. The number of fused-ring (bicyclic) bond motifs is 3.